The van der Waals surface area contributed by atoms with Crippen LogP contribution in [0.3, 0.4) is 0 Å². The summed E-state index contributed by atoms with van der Waals surface area (Å²) in [5.74, 6) is 0.256. The highest BCUT2D eigenvalue weighted by atomic mass is 35.5. The van der Waals surface area contributed by atoms with E-state index in [1.807, 2.05) is 18.2 Å². The van der Waals surface area contributed by atoms with Gasteiger partial charge in [0.2, 0.25) is 0 Å². The third-order valence-corrected chi connectivity index (χ3v) is 3.26. The minimum absolute atomic E-state index is 0. The van der Waals surface area contributed by atoms with Gasteiger partial charge >= 0.3 is 0 Å². The van der Waals surface area contributed by atoms with Crippen LogP contribution in [0.2, 0.25) is 0 Å². The molecule has 2 rings (SSSR count). The van der Waals surface area contributed by atoms with E-state index in [2.05, 4.69) is 17.4 Å². The smallest absolute Gasteiger partial charge is 0.0514 e. The minimum Gasteiger partial charge on any atom is -0.396 e. The summed E-state index contributed by atoms with van der Waals surface area (Å²) >= 11 is 0. The molecule has 0 saturated carbocycles. The van der Waals surface area contributed by atoms with E-state index >= 15 is 0 Å². The van der Waals surface area contributed by atoms with E-state index in [4.69, 9.17) is 0 Å². The SMILES string of the molecule is Cl.OCC(c1ccccc1)C1CCCCN1. The predicted molar refractivity (Wildman–Crippen MR) is 69.2 cm³/mol. The van der Waals surface area contributed by atoms with Crippen LogP contribution in [-0.2, 0) is 0 Å². The first-order valence-corrected chi connectivity index (χ1v) is 5.81. The molecule has 2 nitrogen and oxygen atoms in total. The van der Waals surface area contributed by atoms with Crippen LogP contribution in [0.1, 0.15) is 30.7 Å². The Morgan fingerprint density at radius 3 is 2.56 bits per heavy atom. The molecule has 1 aromatic carbocycles. The van der Waals surface area contributed by atoms with Crippen molar-refractivity contribution < 1.29 is 5.11 Å². The average molecular weight is 242 g/mol. The lowest BCUT2D eigenvalue weighted by Gasteiger charge is -2.30. The van der Waals surface area contributed by atoms with Crippen molar-refractivity contribution >= 4 is 12.4 Å². The van der Waals surface area contributed by atoms with Gasteiger partial charge in [-0.1, -0.05) is 36.8 Å². The van der Waals surface area contributed by atoms with Crippen molar-refractivity contribution in [2.75, 3.05) is 13.2 Å². The highest BCUT2D eigenvalue weighted by Crippen LogP contribution is 2.24. The normalized spacial score (nSPS) is 22.2. The van der Waals surface area contributed by atoms with E-state index < -0.39 is 0 Å². The van der Waals surface area contributed by atoms with E-state index in [1.54, 1.807) is 0 Å². The number of hydrogen-bond donors (Lipinski definition) is 2. The molecule has 1 aliphatic heterocycles. The molecule has 3 heteroatoms. The first-order valence-electron chi connectivity index (χ1n) is 5.81. The summed E-state index contributed by atoms with van der Waals surface area (Å²) in [6.07, 6.45) is 3.73. The second-order valence-electron chi connectivity index (χ2n) is 4.26. The Hall–Kier alpha value is -0.570. The van der Waals surface area contributed by atoms with Crippen molar-refractivity contribution in [3.8, 4) is 0 Å². The Morgan fingerprint density at radius 1 is 1.25 bits per heavy atom. The van der Waals surface area contributed by atoms with Crippen molar-refractivity contribution in [1.82, 2.24) is 5.32 Å². The van der Waals surface area contributed by atoms with E-state index in [1.165, 1.54) is 24.8 Å². The van der Waals surface area contributed by atoms with Crippen molar-refractivity contribution in [1.29, 1.82) is 0 Å². The molecule has 0 aliphatic carbocycles. The molecule has 16 heavy (non-hydrogen) atoms. The fourth-order valence-corrected chi connectivity index (χ4v) is 2.39. The molecule has 0 spiro atoms. The van der Waals surface area contributed by atoms with Gasteiger partial charge in [0.05, 0.1) is 6.61 Å². The second kappa shape index (κ2) is 6.89. The zero-order valence-electron chi connectivity index (χ0n) is 9.43. The highest BCUT2D eigenvalue weighted by Gasteiger charge is 2.23. The molecule has 0 radical (unpaired) electrons. The zero-order chi connectivity index (χ0) is 10.5. The van der Waals surface area contributed by atoms with E-state index in [0.717, 1.165) is 6.54 Å². The van der Waals surface area contributed by atoms with Crippen LogP contribution in [0, 0.1) is 0 Å². The molecule has 0 bridgehead atoms. The van der Waals surface area contributed by atoms with Crippen LogP contribution in [0.25, 0.3) is 0 Å². The van der Waals surface area contributed by atoms with Crippen LogP contribution < -0.4 is 5.32 Å². The molecule has 0 amide bonds. The minimum atomic E-state index is 0. The van der Waals surface area contributed by atoms with Crippen LogP contribution in [0.15, 0.2) is 30.3 Å². The van der Waals surface area contributed by atoms with Crippen LogP contribution in [0.4, 0.5) is 0 Å². The van der Waals surface area contributed by atoms with Gasteiger partial charge < -0.3 is 10.4 Å². The van der Waals surface area contributed by atoms with Gasteiger partial charge in [-0.25, -0.2) is 0 Å². The lowest BCUT2D eigenvalue weighted by Crippen LogP contribution is -2.40. The van der Waals surface area contributed by atoms with Gasteiger partial charge in [0.15, 0.2) is 0 Å². The molecule has 2 unspecified atom stereocenters. The van der Waals surface area contributed by atoms with Gasteiger partial charge in [-0.05, 0) is 24.9 Å². The third kappa shape index (κ3) is 3.21. The molecule has 2 N–H and O–H groups in total. The molecule has 1 aliphatic rings. The Morgan fingerprint density at radius 2 is 2.00 bits per heavy atom. The Kier molecular flexibility index (Phi) is 5.81. The molecular weight excluding hydrogens is 222 g/mol. The largest absolute Gasteiger partial charge is 0.396 e. The van der Waals surface area contributed by atoms with Crippen molar-refractivity contribution in [3.05, 3.63) is 35.9 Å². The number of aliphatic hydroxyl groups is 1. The van der Waals surface area contributed by atoms with Crippen molar-refractivity contribution in [2.45, 2.75) is 31.2 Å². The lowest BCUT2D eigenvalue weighted by atomic mass is 9.87. The molecular formula is C13H20ClNO. The summed E-state index contributed by atoms with van der Waals surface area (Å²) in [5.41, 5.74) is 1.25. The fraction of sp³-hybridized carbons (Fsp3) is 0.538. The lowest BCUT2D eigenvalue weighted by molar-refractivity contribution is 0.219. The summed E-state index contributed by atoms with van der Waals surface area (Å²) < 4.78 is 0. The number of piperidine rings is 1. The third-order valence-electron chi connectivity index (χ3n) is 3.26. The van der Waals surface area contributed by atoms with Gasteiger partial charge in [-0.15, -0.1) is 12.4 Å². The van der Waals surface area contributed by atoms with Gasteiger partial charge in [0, 0.05) is 12.0 Å². The molecule has 1 fully saturated rings. The standard InChI is InChI=1S/C13H19NO.ClH/c15-10-12(11-6-2-1-3-7-11)13-8-4-5-9-14-13;/h1-3,6-7,12-15H,4-5,8-10H2;1H. The summed E-state index contributed by atoms with van der Waals surface area (Å²) in [6, 6.07) is 10.8. The molecule has 90 valence electrons. The summed E-state index contributed by atoms with van der Waals surface area (Å²) in [5, 5.41) is 13.0. The maximum Gasteiger partial charge on any atom is 0.0514 e. The highest BCUT2D eigenvalue weighted by molar-refractivity contribution is 5.85. The molecule has 0 aromatic heterocycles. The zero-order valence-corrected chi connectivity index (χ0v) is 10.2. The predicted octanol–water partition coefficient (Wildman–Crippen LogP) is 2.33. The van der Waals surface area contributed by atoms with E-state index in [-0.39, 0.29) is 24.9 Å². The number of benzene rings is 1. The van der Waals surface area contributed by atoms with Crippen LogP contribution in [-0.4, -0.2) is 24.3 Å². The van der Waals surface area contributed by atoms with Gasteiger partial charge in [-0.3, -0.25) is 0 Å². The Bertz CT molecular complexity index is 285. The number of hydrogen-bond acceptors (Lipinski definition) is 2. The monoisotopic (exact) mass is 241 g/mol. The van der Waals surface area contributed by atoms with Crippen LogP contribution >= 0.6 is 12.4 Å². The van der Waals surface area contributed by atoms with Crippen LogP contribution in [0.5, 0.6) is 0 Å². The molecule has 1 aromatic rings. The first-order chi connectivity index (χ1) is 7.42. The Labute approximate surface area is 103 Å². The maximum atomic E-state index is 9.49. The number of aliphatic hydroxyl groups excluding tert-OH is 1. The summed E-state index contributed by atoms with van der Waals surface area (Å²) in [7, 11) is 0. The molecule has 1 heterocycles. The fourth-order valence-electron chi connectivity index (χ4n) is 2.39. The number of rotatable bonds is 3. The quantitative estimate of drug-likeness (QED) is 0.852. The average Bonchev–Trinajstić information content (AvgIpc) is 2.33. The Balaban J connectivity index is 0.00000128. The summed E-state index contributed by atoms with van der Waals surface area (Å²) in [4.78, 5) is 0. The van der Waals surface area contributed by atoms with Gasteiger partial charge in [0.25, 0.3) is 0 Å². The molecule has 1 saturated heterocycles. The van der Waals surface area contributed by atoms with E-state index in [0.29, 0.717) is 6.04 Å². The number of nitrogens with one attached hydrogen (secondary N) is 1. The maximum absolute atomic E-state index is 9.49. The summed E-state index contributed by atoms with van der Waals surface area (Å²) in [6.45, 7) is 1.33. The van der Waals surface area contributed by atoms with Crippen molar-refractivity contribution in [3.63, 3.8) is 0 Å². The number of halogens is 1. The van der Waals surface area contributed by atoms with Gasteiger partial charge in [0.1, 0.15) is 0 Å². The first kappa shape index (κ1) is 13.5. The topological polar surface area (TPSA) is 32.3 Å². The van der Waals surface area contributed by atoms with E-state index in [9.17, 15) is 5.11 Å². The van der Waals surface area contributed by atoms with Crippen molar-refractivity contribution in [2.24, 2.45) is 0 Å². The second-order valence-corrected chi connectivity index (χ2v) is 4.26. The molecule has 2 atom stereocenters. The van der Waals surface area contributed by atoms with Gasteiger partial charge in [-0.2, -0.15) is 0 Å².